The predicted molar refractivity (Wildman–Crippen MR) is 177 cm³/mol. The monoisotopic (exact) mass is 608 g/mol. The Morgan fingerprint density at radius 2 is 1.67 bits per heavy atom. The predicted octanol–water partition coefficient (Wildman–Crippen LogP) is 7.49. The smallest absolute Gasteiger partial charge is 0.257 e. The Bertz CT molecular complexity index is 1550. The lowest BCUT2D eigenvalue weighted by Gasteiger charge is -2.48. The van der Waals surface area contributed by atoms with Crippen molar-refractivity contribution in [3.63, 3.8) is 0 Å². The van der Waals surface area contributed by atoms with Gasteiger partial charge in [0.15, 0.2) is 0 Å². The number of likely N-dealkylation sites (tertiary alicyclic amines) is 1. The number of piperidine rings is 1. The number of aryl methyl sites for hydroxylation is 1. The number of carbonyl (C=O) groups excluding carboxylic acids is 2. The summed E-state index contributed by atoms with van der Waals surface area (Å²) in [5.41, 5.74) is 6.10. The molecule has 0 bridgehead atoms. The first-order valence-electron chi connectivity index (χ1n) is 16.9. The Morgan fingerprint density at radius 3 is 2.44 bits per heavy atom. The number of rotatable bonds is 6. The second-order valence-electron chi connectivity index (χ2n) is 13.9. The van der Waals surface area contributed by atoms with Crippen LogP contribution in [0.1, 0.15) is 90.0 Å². The zero-order valence-electron chi connectivity index (χ0n) is 26.5. The summed E-state index contributed by atoms with van der Waals surface area (Å²) in [6, 6.07) is 19.3. The van der Waals surface area contributed by atoms with Gasteiger partial charge in [-0.25, -0.2) is 4.39 Å². The zero-order chi connectivity index (χ0) is 31.1. The number of carbonyl (C=O) groups is 2. The van der Waals surface area contributed by atoms with Crippen LogP contribution < -0.4 is 10.6 Å². The molecule has 7 heteroatoms. The van der Waals surface area contributed by atoms with Gasteiger partial charge in [-0.05, 0) is 111 Å². The second kappa shape index (κ2) is 12.6. The Kier molecular flexibility index (Phi) is 8.38. The van der Waals surface area contributed by atoms with Gasteiger partial charge in [-0.15, -0.1) is 0 Å². The molecule has 4 aliphatic rings. The molecule has 0 radical (unpaired) electrons. The molecule has 4 atom stereocenters. The standard InChI is InChI=1S/C38H45FN4O2/c1-24-7-5-11-33(39)35(24)38(45)43-34-12-6-8-27(34)22-32(36(43)25-13-16-30(17-14-25)40-29-9-3-4-10-29)37(44)41-31-18-15-28-23-42(2)20-19-26(28)21-31/h5,7,11,13-18,21,27,29,32,34,36,40H,3-4,6,8-10,12,19-20,22-23H2,1-2H3,(H,41,44)/t27-,32+,34?,36+/m1/s1. The Hall–Kier alpha value is -3.71. The minimum absolute atomic E-state index is 0.0254. The third kappa shape index (κ3) is 5.99. The highest BCUT2D eigenvalue weighted by atomic mass is 19.1. The molecule has 0 aromatic heterocycles. The van der Waals surface area contributed by atoms with Crippen molar-refractivity contribution in [3.8, 4) is 0 Å². The molecular weight excluding hydrogens is 563 g/mol. The molecule has 236 valence electrons. The summed E-state index contributed by atoms with van der Waals surface area (Å²) >= 11 is 0. The van der Waals surface area contributed by atoms with Crippen LogP contribution in [-0.4, -0.2) is 47.3 Å². The molecule has 2 heterocycles. The van der Waals surface area contributed by atoms with E-state index in [0.717, 1.165) is 55.7 Å². The third-order valence-electron chi connectivity index (χ3n) is 10.9. The van der Waals surface area contributed by atoms with Crippen molar-refractivity contribution < 1.29 is 14.0 Å². The number of fused-ring (bicyclic) bond motifs is 2. The van der Waals surface area contributed by atoms with Crippen molar-refractivity contribution in [1.82, 2.24) is 9.80 Å². The van der Waals surface area contributed by atoms with Crippen LogP contribution in [0.2, 0.25) is 0 Å². The van der Waals surface area contributed by atoms with Gasteiger partial charge in [-0.2, -0.15) is 0 Å². The van der Waals surface area contributed by atoms with Crippen molar-refractivity contribution in [2.75, 3.05) is 24.2 Å². The van der Waals surface area contributed by atoms with Crippen molar-refractivity contribution >= 4 is 23.2 Å². The molecule has 3 fully saturated rings. The highest BCUT2D eigenvalue weighted by Crippen LogP contribution is 2.49. The lowest BCUT2D eigenvalue weighted by molar-refractivity contribution is -0.125. The highest BCUT2D eigenvalue weighted by molar-refractivity contribution is 5.98. The summed E-state index contributed by atoms with van der Waals surface area (Å²) in [5, 5.41) is 6.92. The van der Waals surface area contributed by atoms with Crippen LogP contribution in [0.3, 0.4) is 0 Å². The first-order valence-corrected chi connectivity index (χ1v) is 16.9. The molecular formula is C38H45FN4O2. The SMILES string of the molecule is Cc1cccc(F)c1C(=O)N1C2CCC[C@@H]2C[C@H](C(=O)Nc2ccc3c(c2)CCN(C)C3)[C@@H]1c1ccc(NC2CCCC2)cc1. The molecule has 2 aliphatic carbocycles. The number of hydrogen-bond acceptors (Lipinski definition) is 4. The van der Waals surface area contributed by atoms with Crippen LogP contribution in [0.4, 0.5) is 15.8 Å². The fourth-order valence-electron chi connectivity index (χ4n) is 8.55. The normalized spacial score (nSPS) is 25.1. The minimum Gasteiger partial charge on any atom is -0.382 e. The molecule has 2 saturated carbocycles. The molecule has 3 aromatic rings. The van der Waals surface area contributed by atoms with E-state index in [1.807, 2.05) is 11.0 Å². The summed E-state index contributed by atoms with van der Waals surface area (Å²) in [4.78, 5) is 33.1. The maximum absolute atomic E-state index is 15.3. The maximum Gasteiger partial charge on any atom is 0.257 e. The third-order valence-corrected chi connectivity index (χ3v) is 10.9. The van der Waals surface area contributed by atoms with Gasteiger partial charge in [-0.1, -0.05) is 49.6 Å². The fraction of sp³-hybridized carbons (Fsp3) is 0.474. The van der Waals surface area contributed by atoms with Crippen LogP contribution >= 0.6 is 0 Å². The minimum atomic E-state index is -0.504. The highest BCUT2D eigenvalue weighted by Gasteiger charge is 2.50. The summed E-state index contributed by atoms with van der Waals surface area (Å²) in [7, 11) is 2.13. The van der Waals surface area contributed by atoms with Gasteiger partial charge < -0.3 is 20.4 Å². The fourth-order valence-corrected chi connectivity index (χ4v) is 8.55. The quantitative estimate of drug-likeness (QED) is 0.305. The molecule has 45 heavy (non-hydrogen) atoms. The number of anilines is 2. The summed E-state index contributed by atoms with van der Waals surface area (Å²) in [5.74, 6) is -1.15. The number of hydrogen-bond donors (Lipinski definition) is 2. The maximum atomic E-state index is 15.3. The van der Waals surface area contributed by atoms with E-state index in [0.29, 0.717) is 18.0 Å². The van der Waals surface area contributed by atoms with E-state index in [4.69, 9.17) is 0 Å². The zero-order valence-corrected chi connectivity index (χ0v) is 26.5. The van der Waals surface area contributed by atoms with Gasteiger partial charge in [-0.3, -0.25) is 9.59 Å². The molecule has 3 aromatic carbocycles. The Morgan fingerprint density at radius 1 is 0.889 bits per heavy atom. The van der Waals surface area contributed by atoms with Crippen molar-refractivity contribution in [2.24, 2.45) is 11.8 Å². The van der Waals surface area contributed by atoms with Crippen LogP contribution in [-0.2, 0) is 17.8 Å². The molecule has 0 spiro atoms. The van der Waals surface area contributed by atoms with Crippen LogP contribution in [0.15, 0.2) is 60.7 Å². The average Bonchev–Trinajstić information content (AvgIpc) is 3.73. The van der Waals surface area contributed by atoms with E-state index in [1.165, 1.54) is 42.9 Å². The van der Waals surface area contributed by atoms with Gasteiger partial charge in [0.2, 0.25) is 5.91 Å². The van der Waals surface area contributed by atoms with Crippen molar-refractivity contribution in [1.29, 1.82) is 0 Å². The lowest BCUT2D eigenvalue weighted by atomic mass is 9.76. The molecule has 2 amide bonds. The van der Waals surface area contributed by atoms with E-state index in [-0.39, 0.29) is 29.3 Å². The van der Waals surface area contributed by atoms with Gasteiger partial charge >= 0.3 is 0 Å². The topological polar surface area (TPSA) is 64.7 Å². The molecule has 6 nitrogen and oxygen atoms in total. The number of likely N-dealkylation sites (N-methyl/N-ethyl adjacent to an activating group) is 1. The average molecular weight is 609 g/mol. The van der Waals surface area contributed by atoms with Crippen LogP contribution in [0, 0.1) is 24.6 Å². The van der Waals surface area contributed by atoms with E-state index in [9.17, 15) is 9.59 Å². The summed E-state index contributed by atoms with van der Waals surface area (Å²) < 4.78 is 15.3. The number of amides is 2. The Labute approximate surface area is 266 Å². The first-order chi connectivity index (χ1) is 21.9. The lowest BCUT2D eigenvalue weighted by Crippen LogP contribution is -2.54. The second-order valence-corrected chi connectivity index (χ2v) is 13.9. The van der Waals surface area contributed by atoms with Crippen LogP contribution in [0.25, 0.3) is 0 Å². The van der Waals surface area contributed by atoms with Gasteiger partial charge in [0.25, 0.3) is 5.91 Å². The molecule has 1 saturated heterocycles. The van der Waals surface area contributed by atoms with Gasteiger partial charge in [0, 0.05) is 36.5 Å². The van der Waals surface area contributed by atoms with E-state index >= 15 is 4.39 Å². The van der Waals surface area contributed by atoms with Gasteiger partial charge in [0.05, 0.1) is 17.5 Å². The molecule has 1 unspecified atom stereocenters. The summed E-state index contributed by atoms with van der Waals surface area (Å²) in [6.07, 6.45) is 9.37. The van der Waals surface area contributed by atoms with E-state index in [2.05, 4.69) is 59.0 Å². The number of benzene rings is 3. The molecule has 7 rings (SSSR count). The number of nitrogens with one attached hydrogen (secondary N) is 2. The van der Waals surface area contributed by atoms with Crippen molar-refractivity contribution in [2.45, 2.75) is 89.4 Å². The first kappa shape index (κ1) is 30.0. The van der Waals surface area contributed by atoms with E-state index < -0.39 is 17.8 Å². The summed E-state index contributed by atoms with van der Waals surface area (Å²) in [6.45, 7) is 3.70. The van der Waals surface area contributed by atoms with E-state index in [1.54, 1.807) is 19.1 Å². The number of nitrogens with zero attached hydrogens (tertiary/aromatic N) is 2. The van der Waals surface area contributed by atoms with Gasteiger partial charge in [0.1, 0.15) is 5.82 Å². The number of halogens is 1. The van der Waals surface area contributed by atoms with Crippen molar-refractivity contribution in [3.05, 3.63) is 94.3 Å². The molecule has 2 N–H and O–H groups in total. The largest absolute Gasteiger partial charge is 0.382 e. The molecule has 2 aliphatic heterocycles. The van der Waals surface area contributed by atoms with Crippen LogP contribution in [0.5, 0.6) is 0 Å². The Balaban J connectivity index is 1.25.